The molecule has 0 amide bonds. The zero-order chi connectivity index (χ0) is 16.1. The average Bonchev–Trinajstić information content (AvgIpc) is 3.04. The van der Waals surface area contributed by atoms with Crippen molar-refractivity contribution in [2.24, 2.45) is 0 Å². The molecule has 0 saturated heterocycles. The van der Waals surface area contributed by atoms with E-state index in [1.807, 2.05) is 12.1 Å². The molecule has 1 fully saturated rings. The Balaban J connectivity index is 1.71. The van der Waals surface area contributed by atoms with Gasteiger partial charge in [-0.3, -0.25) is 0 Å². The first-order valence-corrected chi connectivity index (χ1v) is 9.49. The summed E-state index contributed by atoms with van der Waals surface area (Å²) in [7, 11) is 1.70. The zero-order valence-corrected chi connectivity index (χ0v) is 14.8. The van der Waals surface area contributed by atoms with E-state index < -0.39 is 0 Å². The van der Waals surface area contributed by atoms with Crippen LogP contribution in [0, 0.1) is 0 Å². The second-order valence-electron chi connectivity index (χ2n) is 6.06. The molecule has 4 nitrogen and oxygen atoms in total. The number of methoxy groups -OCH3 is 1. The van der Waals surface area contributed by atoms with Gasteiger partial charge in [0.15, 0.2) is 5.16 Å². The monoisotopic (exact) mass is 331 g/mol. The molecule has 1 aromatic heterocycles. The molecule has 0 unspecified atom stereocenters. The van der Waals surface area contributed by atoms with Gasteiger partial charge < -0.3 is 9.30 Å². The molecule has 23 heavy (non-hydrogen) atoms. The molecule has 1 heterocycles. The summed E-state index contributed by atoms with van der Waals surface area (Å²) in [6.45, 7) is 3.13. The minimum Gasteiger partial charge on any atom is -0.497 e. The van der Waals surface area contributed by atoms with Gasteiger partial charge in [0.2, 0.25) is 0 Å². The molecule has 1 aromatic carbocycles. The molecule has 1 aliphatic carbocycles. The van der Waals surface area contributed by atoms with Gasteiger partial charge in [-0.25, -0.2) is 0 Å². The summed E-state index contributed by atoms with van der Waals surface area (Å²) in [5.41, 5.74) is 1.25. The minimum atomic E-state index is 0.599. The Labute approximate surface area is 142 Å². The highest BCUT2D eigenvalue weighted by Crippen LogP contribution is 2.33. The maximum Gasteiger partial charge on any atom is 0.191 e. The molecule has 5 heteroatoms. The Morgan fingerprint density at radius 3 is 2.78 bits per heavy atom. The summed E-state index contributed by atoms with van der Waals surface area (Å²) in [4.78, 5) is 0. The van der Waals surface area contributed by atoms with Gasteiger partial charge in [-0.05, 0) is 37.5 Å². The standard InChI is InChI=1S/C18H25N3OS/c1-3-21-17(15-9-5-4-6-10-15)19-20-18(21)23-13-14-8-7-11-16(12-14)22-2/h7-8,11-12,15H,3-6,9-10,13H2,1-2H3. The van der Waals surface area contributed by atoms with E-state index in [9.17, 15) is 0 Å². The van der Waals surface area contributed by atoms with E-state index in [1.165, 1.54) is 43.5 Å². The minimum absolute atomic E-state index is 0.599. The van der Waals surface area contributed by atoms with Crippen molar-refractivity contribution in [2.45, 2.75) is 62.4 Å². The average molecular weight is 331 g/mol. The van der Waals surface area contributed by atoms with E-state index >= 15 is 0 Å². The van der Waals surface area contributed by atoms with Crippen LogP contribution in [-0.4, -0.2) is 21.9 Å². The lowest BCUT2D eigenvalue weighted by Crippen LogP contribution is -2.12. The highest BCUT2D eigenvalue weighted by Gasteiger charge is 2.22. The first-order valence-electron chi connectivity index (χ1n) is 8.50. The van der Waals surface area contributed by atoms with Gasteiger partial charge in [0.05, 0.1) is 7.11 Å². The number of hydrogen-bond donors (Lipinski definition) is 0. The Bertz CT molecular complexity index is 635. The molecule has 3 rings (SSSR count). The van der Waals surface area contributed by atoms with Crippen LogP contribution in [0.2, 0.25) is 0 Å². The molecule has 2 aromatic rings. The largest absolute Gasteiger partial charge is 0.497 e. The molecule has 0 atom stereocenters. The molecule has 0 N–H and O–H groups in total. The van der Waals surface area contributed by atoms with Gasteiger partial charge in [0.1, 0.15) is 11.6 Å². The van der Waals surface area contributed by atoms with E-state index in [4.69, 9.17) is 4.74 Å². The summed E-state index contributed by atoms with van der Waals surface area (Å²) < 4.78 is 7.60. The molecule has 0 radical (unpaired) electrons. The maximum absolute atomic E-state index is 5.29. The fourth-order valence-electron chi connectivity index (χ4n) is 3.28. The lowest BCUT2D eigenvalue weighted by atomic mass is 9.89. The summed E-state index contributed by atoms with van der Waals surface area (Å²) >= 11 is 1.76. The van der Waals surface area contributed by atoms with Crippen molar-refractivity contribution < 1.29 is 4.74 Å². The smallest absolute Gasteiger partial charge is 0.191 e. The quantitative estimate of drug-likeness (QED) is 0.723. The van der Waals surface area contributed by atoms with Crippen LogP contribution in [0.3, 0.4) is 0 Å². The molecular weight excluding hydrogens is 306 g/mol. The molecular formula is C18H25N3OS. The van der Waals surface area contributed by atoms with E-state index in [0.29, 0.717) is 5.92 Å². The Morgan fingerprint density at radius 1 is 1.22 bits per heavy atom. The molecule has 1 aliphatic rings. The SMILES string of the molecule is CCn1c(SCc2cccc(OC)c2)nnc1C1CCCCC1. The number of rotatable bonds is 6. The Hall–Kier alpha value is -1.49. The zero-order valence-electron chi connectivity index (χ0n) is 14.0. The normalized spacial score (nSPS) is 15.7. The third kappa shape index (κ3) is 3.89. The topological polar surface area (TPSA) is 39.9 Å². The van der Waals surface area contributed by atoms with Gasteiger partial charge in [0, 0.05) is 18.2 Å². The fourth-order valence-corrected chi connectivity index (χ4v) is 4.23. The van der Waals surface area contributed by atoms with Crippen LogP contribution in [0.5, 0.6) is 5.75 Å². The van der Waals surface area contributed by atoms with E-state index in [2.05, 4.69) is 33.8 Å². The van der Waals surface area contributed by atoms with Crippen molar-refractivity contribution in [1.29, 1.82) is 0 Å². The van der Waals surface area contributed by atoms with Crippen molar-refractivity contribution in [3.8, 4) is 5.75 Å². The third-order valence-electron chi connectivity index (χ3n) is 4.53. The fraction of sp³-hybridized carbons (Fsp3) is 0.556. The van der Waals surface area contributed by atoms with Crippen LogP contribution in [0.25, 0.3) is 0 Å². The lowest BCUT2D eigenvalue weighted by Gasteiger charge is -2.21. The summed E-state index contributed by atoms with van der Waals surface area (Å²) in [5, 5.41) is 10.0. The van der Waals surface area contributed by atoms with Gasteiger partial charge in [-0.15, -0.1) is 10.2 Å². The lowest BCUT2D eigenvalue weighted by molar-refractivity contribution is 0.413. The first-order chi connectivity index (χ1) is 11.3. The second-order valence-corrected chi connectivity index (χ2v) is 7.00. The van der Waals surface area contributed by atoms with Crippen molar-refractivity contribution in [1.82, 2.24) is 14.8 Å². The molecule has 0 aliphatic heterocycles. The predicted molar refractivity (Wildman–Crippen MR) is 94.1 cm³/mol. The van der Waals surface area contributed by atoms with Crippen LogP contribution < -0.4 is 4.74 Å². The number of benzene rings is 1. The summed E-state index contributed by atoms with van der Waals surface area (Å²) in [5.74, 6) is 3.59. The van der Waals surface area contributed by atoms with E-state index in [0.717, 1.165) is 23.2 Å². The van der Waals surface area contributed by atoms with Crippen LogP contribution >= 0.6 is 11.8 Å². The predicted octanol–water partition coefficient (Wildman–Crippen LogP) is 4.65. The number of hydrogen-bond acceptors (Lipinski definition) is 4. The highest BCUT2D eigenvalue weighted by atomic mass is 32.2. The Kier molecular flexibility index (Phi) is 5.60. The number of aromatic nitrogens is 3. The van der Waals surface area contributed by atoms with Gasteiger partial charge in [0.25, 0.3) is 0 Å². The van der Waals surface area contributed by atoms with Gasteiger partial charge >= 0.3 is 0 Å². The van der Waals surface area contributed by atoms with E-state index in [-0.39, 0.29) is 0 Å². The number of nitrogens with zero attached hydrogens (tertiary/aromatic N) is 3. The molecule has 124 valence electrons. The van der Waals surface area contributed by atoms with Gasteiger partial charge in [-0.1, -0.05) is 43.2 Å². The van der Waals surface area contributed by atoms with Crippen molar-refractivity contribution in [2.75, 3.05) is 7.11 Å². The van der Waals surface area contributed by atoms with Crippen LogP contribution in [0.15, 0.2) is 29.4 Å². The third-order valence-corrected chi connectivity index (χ3v) is 5.57. The maximum atomic E-state index is 5.29. The Morgan fingerprint density at radius 2 is 2.04 bits per heavy atom. The first kappa shape index (κ1) is 16.4. The van der Waals surface area contributed by atoms with Crippen LogP contribution in [0.1, 0.15) is 56.3 Å². The summed E-state index contributed by atoms with van der Waals surface area (Å²) in [6.07, 6.45) is 6.55. The number of thioether (sulfide) groups is 1. The van der Waals surface area contributed by atoms with Crippen molar-refractivity contribution in [3.05, 3.63) is 35.7 Å². The van der Waals surface area contributed by atoms with Crippen LogP contribution in [-0.2, 0) is 12.3 Å². The summed E-state index contributed by atoms with van der Waals surface area (Å²) in [6, 6.07) is 8.22. The van der Waals surface area contributed by atoms with Crippen LogP contribution in [0.4, 0.5) is 0 Å². The highest BCUT2D eigenvalue weighted by molar-refractivity contribution is 7.98. The molecule has 0 bridgehead atoms. The number of ether oxygens (including phenoxy) is 1. The van der Waals surface area contributed by atoms with E-state index in [1.54, 1.807) is 18.9 Å². The molecule has 1 saturated carbocycles. The van der Waals surface area contributed by atoms with Crippen molar-refractivity contribution in [3.63, 3.8) is 0 Å². The van der Waals surface area contributed by atoms with Crippen molar-refractivity contribution >= 4 is 11.8 Å². The van der Waals surface area contributed by atoms with Gasteiger partial charge in [-0.2, -0.15) is 0 Å². The second kappa shape index (κ2) is 7.86. The molecule has 0 spiro atoms.